The third kappa shape index (κ3) is 5.31. The highest BCUT2D eigenvalue weighted by molar-refractivity contribution is 5.47. The van der Waals surface area contributed by atoms with Crippen molar-refractivity contribution in [2.24, 2.45) is 0 Å². The number of hydrogen-bond acceptors (Lipinski definition) is 5. The van der Waals surface area contributed by atoms with Gasteiger partial charge in [-0.1, -0.05) is 6.92 Å². The van der Waals surface area contributed by atoms with E-state index < -0.39 is 0 Å². The van der Waals surface area contributed by atoms with Crippen molar-refractivity contribution in [1.82, 2.24) is 9.97 Å². The van der Waals surface area contributed by atoms with Crippen LogP contribution < -0.4 is 10.6 Å². The standard InChI is InChI=1S/C13H24N4O/c1-4-6-11-16-12(14-5-2)9-13(17-11)15-8-7-10(3)18/h9-10,18H,4-8H2,1-3H3,(H2,14,15,16,17). The van der Waals surface area contributed by atoms with Gasteiger partial charge in [0.05, 0.1) is 6.10 Å². The molecule has 0 amide bonds. The van der Waals surface area contributed by atoms with Crippen molar-refractivity contribution in [1.29, 1.82) is 0 Å². The summed E-state index contributed by atoms with van der Waals surface area (Å²) in [7, 11) is 0. The Bertz CT molecular complexity index is 331. The summed E-state index contributed by atoms with van der Waals surface area (Å²) in [6.07, 6.45) is 2.33. The molecule has 3 N–H and O–H groups in total. The first kappa shape index (κ1) is 14.7. The summed E-state index contributed by atoms with van der Waals surface area (Å²) in [6, 6.07) is 1.91. The molecule has 0 saturated carbocycles. The smallest absolute Gasteiger partial charge is 0.133 e. The molecular weight excluding hydrogens is 228 g/mol. The van der Waals surface area contributed by atoms with Gasteiger partial charge in [-0.3, -0.25) is 0 Å². The molecule has 0 fully saturated rings. The normalized spacial score (nSPS) is 12.2. The lowest BCUT2D eigenvalue weighted by Crippen LogP contribution is -2.12. The molecule has 1 atom stereocenters. The fourth-order valence-corrected chi connectivity index (χ4v) is 1.60. The molecule has 0 aromatic carbocycles. The second kappa shape index (κ2) is 7.87. The Kier molecular flexibility index (Phi) is 6.43. The van der Waals surface area contributed by atoms with E-state index >= 15 is 0 Å². The molecule has 102 valence electrons. The van der Waals surface area contributed by atoms with E-state index in [1.165, 1.54) is 0 Å². The van der Waals surface area contributed by atoms with Gasteiger partial charge in [0.15, 0.2) is 0 Å². The highest BCUT2D eigenvalue weighted by Gasteiger charge is 2.04. The Hall–Kier alpha value is -1.36. The van der Waals surface area contributed by atoms with E-state index in [1.54, 1.807) is 6.92 Å². The van der Waals surface area contributed by atoms with E-state index in [-0.39, 0.29) is 6.10 Å². The summed E-state index contributed by atoms with van der Waals surface area (Å²) >= 11 is 0. The van der Waals surface area contributed by atoms with Crippen molar-refractivity contribution in [2.75, 3.05) is 23.7 Å². The molecule has 0 aliphatic heterocycles. The molecule has 0 bridgehead atoms. The SMILES string of the molecule is CCCc1nc(NCC)cc(NCCC(C)O)n1. The molecule has 0 saturated heterocycles. The van der Waals surface area contributed by atoms with Crippen LogP contribution in [0.5, 0.6) is 0 Å². The van der Waals surface area contributed by atoms with E-state index in [2.05, 4.69) is 27.5 Å². The first-order chi connectivity index (χ1) is 8.65. The predicted molar refractivity (Wildman–Crippen MR) is 75.0 cm³/mol. The Morgan fingerprint density at radius 3 is 2.44 bits per heavy atom. The summed E-state index contributed by atoms with van der Waals surface area (Å²) in [6.45, 7) is 7.50. The first-order valence-electron chi connectivity index (χ1n) is 6.69. The fraction of sp³-hybridized carbons (Fsp3) is 0.692. The Labute approximate surface area is 109 Å². The number of aromatic nitrogens is 2. The van der Waals surface area contributed by atoms with Crippen molar-refractivity contribution in [2.45, 2.75) is 46.1 Å². The Balaban J connectivity index is 2.69. The second-order valence-electron chi connectivity index (χ2n) is 4.40. The third-order valence-corrected chi connectivity index (χ3v) is 2.47. The zero-order chi connectivity index (χ0) is 13.4. The molecule has 0 spiro atoms. The van der Waals surface area contributed by atoms with Crippen molar-refractivity contribution >= 4 is 11.6 Å². The van der Waals surface area contributed by atoms with E-state index in [4.69, 9.17) is 0 Å². The minimum Gasteiger partial charge on any atom is -0.393 e. The average molecular weight is 252 g/mol. The summed E-state index contributed by atoms with van der Waals surface area (Å²) in [4.78, 5) is 8.90. The second-order valence-corrected chi connectivity index (χ2v) is 4.40. The minimum absolute atomic E-state index is 0.289. The van der Waals surface area contributed by atoms with Gasteiger partial charge in [0.2, 0.25) is 0 Å². The molecule has 1 rings (SSSR count). The van der Waals surface area contributed by atoms with E-state index in [0.717, 1.165) is 36.8 Å². The average Bonchev–Trinajstić information content (AvgIpc) is 2.29. The van der Waals surface area contributed by atoms with Crippen molar-refractivity contribution in [3.8, 4) is 0 Å². The van der Waals surface area contributed by atoms with Crippen LogP contribution in [-0.2, 0) is 6.42 Å². The lowest BCUT2D eigenvalue weighted by atomic mass is 10.3. The van der Waals surface area contributed by atoms with Gasteiger partial charge >= 0.3 is 0 Å². The van der Waals surface area contributed by atoms with Crippen LogP contribution in [0.1, 0.15) is 39.4 Å². The van der Waals surface area contributed by atoms with Gasteiger partial charge in [0.1, 0.15) is 17.5 Å². The van der Waals surface area contributed by atoms with Crippen molar-refractivity contribution < 1.29 is 5.11 Å². The molecule has 1 aromatic rings. The zero-order valence-electron chi connectivity index (χ0n) is 11.5. The molecule has 18 heavy (non-hydrogen) atoms. The van der Waals surface area contributed by atoms with Crippen molar-refractivity contribution in [3.05, 3.63) is 11.9 Å². The molecule has 5 heteroatoms. The Morgan fingerprint density at radius 2 is 1.89 bits per heavy atom. The molecule has 0 aliphatic carbocycles. The highest BCUT2D eigenvalue weighted by Crippen LogP contribution is 2.12. The number of anilines is 2. The molecule has 1 heterocycles. The summed E-state index contributed by atoms with van der Waals surface area (Å²) in [5, 5.41) is 15.7. The van der Waals surface area contributed by atoms with Crippen LogP contribution in [0.25, 0.3) is 0 Å². The van der Waals surface area contributed by atoms with E-state index in [9.17, 15) is 5.11 Å². The van der Waals surface area contributed by atoms with Gasteiger partial charge in [-0.05, 0) is 26.7 Å². The number of rotatable bonds is 8. The lowest BCUT2D eigenvalue weighted by molar-refractivity contribution is 0.188. The monoisotopic (exact) mass is 252 g/mol. The van der Waals surface area contributed by atoms with Gasteiger partial charge in [-0.15, -0.1) is 0 Å². The lowest BCUT2D eigenvalue weighted by Gasteiger charge is -2.11. The molecule has 0 radical (unpaired) electrons. The minimum atomic E-state index is -0.289. The van der Waals surface area contributed by atoms with Crippen LogP contribution in [0.3, 0.4) is 0 Å². The van der Waals surface area contributed by atoms with Crippen molar-refractivity contribution in [3.63, 3.8) is 0 Å². The van der Waals surface area contributed by atoms with Gasteiger partial charge in [-0.2, -0.15) is 0 Å². The van der Waals surface area contributed by atoms with Crippen LogP contribution in [-0.4, -0.2) is 34.3 Å². The molecule has 1 aromatic heterocycles. The van der Waals surface area contributed by atoms with E-state index in [0.29, 0.717) is 13.0 Å². The third-order valence-electron chi connectivity index (χ3n) is 2.47. The van der Waals surface area contributed by atoms with Crippen LogP contribution in [0.4, 0.5) is 11.6 Å². The first-order valence-corrected chi connectivity index (χ1v) is 6.69. The largest absolute Gasteiger partial charge is 0.393 e. The predicted octanol–water partition coefficient (Wildman–Crippen LogP) is 2.04. The van der Waals surface area contributed by atoms with Crippen LogP contribution in [0.15, 0.2) is 6.07 Å². The maximum absolute atomic E-state index is 9.22. The van der Waals surface area contributed by atoms with Gasteiger partial charge in [-0.25, -0.2) is 9.97 Å². The number of hydrogen-bond donors (Lipinski definition) is 3. The number of aryl methyl sites for hydroxylation is 1. The molecule has 0 aliphatic rings. The van der Waals surface area contributed by atoms with E-state index in [1.807, 2.05) is 13.0 Å². The summed E-state index contributed by atoms with van der Waals surface area (Å²) in [5.41, 5.74) is 0. The van der Waals surface area contributed by atoms with Crippen LogP contribution in [0.2, 0.25) is 0 Å². The van der Waals surface area contributed by atoms with Gasteiger partial charge < -0.3 is 15.7 Å². The number of aliphatic hydroxyl groups excluding tert-OH is 1. The zero-order valence-corrected chi connectivity index (χ0v) is 11.5. The topological polar surface area (TPSA) is 70.1 Å². The maximum Gasteiger partial charge on any atom is 0.133 e. The maximum atomic E-state index is 9.22. The molecule has 1 unspecified atom stereocenters. The summed E-state index contributed by atoms with van der Waals surface area (Å²) < 4.78 is 0. The fourth-order valence-electron chi connectivity index (χ4n) is 1.60. The number of nitrogens with zero attached hydrogens (tertiary/aromatic N) is 2. The quantitative estimate of drug-likeness (QED) is 0.660. The number of aliphatic hydroxyl groups is 1. The van der Waals surface area contributed by atoms with Crippen LogP contribution >= 0.6 is 0 Å². The Morgan fingerprint density at radius 1 is 1.22 bits per heavy atom. The summed E-state index contributed by atoms with van der Waals surface area (Å²) in [5.74, 6) is 2.54. The highest BCUT2D eigenvalue weighted by atomic mass is 16.3. The molecule has 5 nitrogen and oxygen atoms in total. The number of nitrogens with one attached hydrogen (secondary N) is 2. The van der Waals surface area contributed by atoms with Gasteiger partial charge in [0, 0.05) is 25.6 Å². The van der Waals surface area contributed by atoms with Crippen LogP contribution in [0, 0.1) is 0 Å². The molecular formula is C13H24N4O. The van der Waals surface area contributed by atoms with Gasteiger partial charge in [0.25, 0.3) is 0 Å².